The molecule has 164 valence electrons. The van der Waals surface area contributed by atoms with E-state index in [4.69, 9.17) is 15.9 Å². The second kappa shape index (κ2) is 10.7. The summed E-state index contributed by atoms with van der Waals surface area (Å²) >= 11 is 0. The summed E-state index contributed by atoms with van der Waals surface area (Å²) in [7, 11) is 0. The van der Waals surface area contributed by atoms with Gasteiger partial charge in [-0.1, -0.05) is 0 Å². The van der Waals surface area contributed by atoms with E-state index in [1.54, 1.807) is 0 Å². The Hall–Kier alpha value is -2.77. The van der Waals surface area contributed by atoms with Crippen LogP contribution in [0.5, 0.6) is 0 Å². The van der Waals surface area contributed by atoms with Crippen molar-refractivity contribution in [2.24, 2.45) is 5.73 Å². The lowest BCUT2D eigenvalue weighted by atomic mass is 10.1. The van der Waals surface area contributed by atoms with Crippen molar-refractivity contribution in [2.75, 3.05) is 13.2 Å². The Balaban J connectivity index is 2.89. The quantitative estimate of drug-likeness (QED) is 0.183. The first kappa shape index (κ1) is 24.3. The molecule has 13 heteroatoms. The Morgan fingerprint density at radius 3 is 2.17 bits per heavy atom. The van der Waals surface area contributed by atoms with Crippen LogP contribution >= 0.6 is 0 Å². The minimum atomic E-state index is -1.64. The third kappa shape index (κ3) is 6.66. The monoisotopic (exact) mass is 418 g/mol. The largest absolute Gasteiger partial charge is 0.481 e. The highest BCUT2D eigenvalue weighted by atomic mass is 16.4. The summed E-state index contributed by atoms with van der Waals surface area (Å²) in [5.41, 5.74) is 5.44. The van der Waals surface area contributed by atoms with Crippen LogP contribution in [-0.2, 0) is 24.0 Å². The lowest BCUT2D eigenvalue weighted by Crippen LogP contribution is -2.59. The number of aliphatic carboxylic acids is 2. The van der Waals surface area contributed by atoms with Gasteiger partial charge >= 0.3 is 11.9 Å². The molecular formula is C16H26N4O9. The zero-order valence-corrected chi connectivity index (χ0v) is 15.8. The number of aliphatic hydroxyl groups excluding tert-OH is 2. The first-order valence-corrected chi connectivity index (χ1v) is 8.89. The van der Waals surface area contributed by atoms with Gasteiger partial charge in [-0.15, -0.1) is 0 Å². The van der Waals surface area contributed by atoms with Crippen LogP contribution in [0.3, 0.4) is 0 Å². The summed E-state index contributed by atoms with van der Waals surface area (Å²) < 4.78 is 0. The number of rotatable bonds is 10. The lowest BCUT2D eigenvalue weighted by Gasteiger charge is -2.27. The van der Waals surface area contributed by atoms with Gasteiger partial charge in [0.1, 0.15) is 24.2 Å². The van der Waals surface area contributed by atoms with Gasteiger partial charge in [-0.25, -0.2) is 4.79 Å². The summed E-state index contributed by atoms with van der Waals surface area (Å²) in [5.74, 6) is -5.57. The van der Waals surface area contributed by atoms with Crippen molar-refractivity contribution in [3.05, 3.63) is 0 Å². The molecule has 1 saturated heterocycles. The molecule has 0 aromatic heterocycles. The molecule has 1 fully saturated rings. The number of likely N-dealkylation sites (tertiary alicyclic amines) is 1. The number of carboxylic acid groups (broad SMARTS) is 2. The zero-order chi connectivity index (χ0) is 22.3. The van der Waals surface area contributed by atoms with Crippen LogP contribution in [0, 0.1) is 0 Å². The van der Waals surface area contributed by atoms with E-state index in [1.165, 1.54) is 6.92 Å². The number of hydrogen-bond donors (Lipinski definition) is 7. The number of nitrogens with zero attached hydrogens (tertiary/aromatic N) is 1. The molecule has 0 saturated carbocycles. The molecule has 0 bridgehead atoms. The highest BCUT2D eigenvalue weighted by Gasteiger charge is 2.38. The van der Waals surface area contributed by atoms with E-state index in [1.807, 2.05) is 0 Å². The molecule has 1 rings (SSSR count). The van der Waals surface area contributed by atoms with Crippen molar-refractivity contribution in [1.82, 2.24) is 15.5 Å². The molecule has 0 aromatic carbocycles. The fraction of sp³-hybridized carbons (Fsp3) is 0.688. The van der Waals surface area contributed by atoms with Crippen molar-refractivity contribution in [3.63, 3.8) is 0 Å². The van der Waals surface area contributed by atoms with Crippen LogP contribution in [0.4, 0.5) is 0 Å². The Labute approximate surface area is 165 Å². The summed E-state index contributed by atoms with van der Waals surface area (Å²) in [6.45, 7) is 0.487. The average molecular weight is 418 g/mol. The number of carbonyl (C=O) groups is 5. The predicted molar refractivity (Wildman–Crippen MR) is 95.2 cm³/mol. The first-order valence-electron chi connectivity index (χ1n) is 8.89. The van der Waals surface area contributed by atoms with Crippen LogP contribution in [0.25, 0.3) is 0 Å². The SMILES string of the molecule is CC(O)C(N)C(=O)NC(CC(=O)O)C(=O)NC(CO)C(=O)N1CCCC1C(=O)O. The third-order valence-corrected chi connectivity index (χ3v) is 4.45. The summed E-state index contributed by atoms with van der Waals surface area (Å²) in [6, 6.07) is -5.68. The van der Waals surface area contributed by atoms with E-state index in [2.05, 4.69) is 10.6 Å². The van der Waals surface area contributed by atoms with Gasteiger partial charge in [-0.2, -0.15) is 0 Å². The van der Waals surface area contributed by atoms with E-state index in [0.717, 1.165) is 4.90 Å². The number of nitrogens with two attached hydrogens (primary N) is 1. The van der Waals surface area contributed by atoms with Crippen molar-refractivity contribution in [3.8, 4) is 0 Å². The van der Waals surface area contributed by atoms with E-state index in [9.17, 15) is 34.2 Å². The van der Waals surface area contributed by atoms with Crippen molar-refractivity contribution in [1.29, 1.82) is 0 Å². The van der Waals surface area contributed by atoms with Crippen LogP contribution < -0.4 is 16.4 Å². The molecule has 5 atom stereocenters. The minimum Gasteiger partial charge on any atom is -0.481 e. The van der Waals surface area contributed by atoms with Crippen LogP contribution in [0.1, 0.15) is 26.2 Å². The molecule has 1 aliphatic rings. The number of carboxylic acids is 2. The molecule has 0 aromatic rings. The van der Waals surface area contributed by atoms with Crippen LogP contribution in [0.2, 0.25) is 0 Å². The first-order chi connectivity index (χ1) is 13.5. The maximum atomic E-state index is 12.5. The molecule has 3 amide bonds. The fourth-order valence-corrected chi connectivity index (χ4v) is 2.82. The van der Waals surface area contributed by atoms with Gasteiger partial charge in [0.05, 0.1) is 19.1 Å². The Bertz CT molecular complexity index is 654. The highest BCUT2D eigenvalue weighted by Crippen LogP contribution is 2.18. The molecule has 29 heavy (non-hydrogen) atoms. The van der Waals surface area contributed by atoms with Gasteiger partial charge in [0.2, 0.25) is 17.7 Å². The van der Waals surface area contributed by atoms with Gasteiger partial charge < -0.3 is 41.7 Å². The molecule has 13 nitrogen and oxygen atoms in total. The van der Waals surface area contributed by atoms with Crippen LogP contribution in [-0.4, -0.2) is 98.4 Å². The number of hydrogen-bond acceptors (Lipinski definition) is 8. The molecule has 8 N–H and O–H groups in total. The Kier molecular flexibility index (Phi) is 8.94. The number of amides is 3. The molecule has 5 unspecified atom stereocenters. The molecule has 0 aliphatic carbocycles. The van der Waals surface area contributed by atoms with E-state index in [0.29, 0.717) is 6.42 Å². The van der Waals surface area contributed by atoms with Gasteiger partial charge in [-0.3, -0.25) is 19.2 Å². The van der Waals surface area contributed by atoms with Gasteiger partial charge in [0.15, 0.2) is 0 Å². The number of nitrogens with one attached hydrogen (secondary N) is 2. The van der Waals surface area contributed by atoms with E-state index in [-0.39, 0.29) is 13.0 Å². The number of carbonyl (C=O) groups excluding carboxylic acids is 3. The highest BCUT2D eigenvalue weighted by molar-refractivity contribution is 5.95. The summed E-state index contributed by atoms with van der Waals surface area (Å²) in [5, 5.41) is 41.1. The maximum Gasteiger partial charge on any atom is 0.326 e. The van der Waals surface area contributed by atoms with Gasteiger partial charge in [0, 0.05) is 6.54 Å². The van der Waals surface area contributed by atoms with Crippen LogP contribution in [0.15, 0.2) is 0 Å². The zero-order valence-electron chi connectivity index (χ0n) is 15.8. The third-order valence-electron chi connectivity index (χ3n) is 4.45. The predicted octanol–water partition coefficient (Wildman–Crippen LogP) is -3.79. The fourth-order valence-electron chi connectivity index (χ4n) is 2.82. The Morgan fingerprint density at radius 1 is 1.10 bits per heavy atom. The molecule has 0 spiro atoms. The number of aliphatic hydroxyl groups is 2. The minimum absolute atomic E-state index is 0.126. The summed E-state index contributed by atoms with van der Waals surface area (Å²) in [4.78, 5) is 60.1. The molecule has 0 radical (unpaired) electrons. The molecule has 1 aliphatic heterocycles. The summed E-state index contributed by atoms with van der Waals surface area (Å²) in [6.07, 6.45) is -1.46. The second-order valence-corrected chi connectivity index (χ2v) is 6.70. The normalized spacial score (nSPS) is 20.3. The standard InChI is InChI=1S/C16H26N4O9/c1-7(22)12(17)14(26)18-8(5-11(23)24)13(25)19-9(6-21)15(27)20-4-2-3-10(20)16(28)29/h7-10,12,21-22H,2-6,17H2,1H3,(H,18,26)(H,19,25)(H,23,24)(H,28,29). The van der Waals surface area contributed by atoms with Crippen molar-refractivity contribution < 1.29 is 44.4 Å². The van der Waals surface area contributed by atoms with Crippen molar-refractivity contribution in [2.45, 2.75) is 56.5 Å². The topological polar surface area (TPSA) is 220 Å². The van der Waals surface area contributed by atoms with Gasteiger partial charge in [0.25, 0.3) is 0 Å². The average Bonchev–Trinajstić information content (AvgIpc) is 3.13. The Morgan fingerprint density at radius 2 is 1.69 bits per heavy atom. The lowest BCUT2D eigenvalue weighted by molar-refractivity contribution is -0.150. The maximum absolute atomic E-state index is 12.5. The smallest absolute Gasteiger partial charge is 0.326 e. The van der Waals surface area contributed by atoms with Gasteiger partial charge in [-0.05, 0) is 19.8 Å². The second-order valence-electron chi connectivity index (χ2n) is 6.70. The van der Waals surface area contributed by atoms with E-state index < -0.39 is 73.0 Å². The van der Waals surface area contributed by atoms with E-state index >= 15 is 0 Å². The molecular weight excluding hydrogens is 392 g/mol. The molecule has 1 heterocycles. The van der Waals surface area contributed by atoms with Crippen molar-refractivity contribution >= 4 is 29.7 Å².